The standard InChI is InChI=1S/C28H25ClN4O2S/c29-22-12-6-4-10-20(22)18-36-28-32-23-13-7-5-11-21(23)26-31-24(27(35)33(26)28)14-15-25(34)30-17-16-19-8-2-1-3-9-19/h1-13,24H,14-18H2,(H,30,34)/t24-/m1/s1. The molecule has 2 amide bonds. The predicted octanol–water partition coefficient (Wildman–Crippen LogP) is 5.37. The molecule has 1 N–H and O–H groups in total. The summed E-state index contributed by atoms with van der Waals surface area (Å²) in [7, 11) is 0. The van der Waals surface area contributed by atoms with Gasteiger partial charge in [-0.05, 0) is 42.2 Å². The smallest absolute Gasteiger partial charge is 0.259 e. The molecule has 8 heteroatoms. The second-order valence-corrected chi connectivity index (χ2v) is 9.91. The van der Waals surface area contributed by atoms with Gasteiger partial charge in [-0.15, -0.1) is 0 Å². The van der Waals surface area contributed by atoms with Crippen molar-refractivity contribution in [3.63, 3.8) is 0 Å². The molecule has 1 atom stereocenters. The number of carbonyl (C=O) groups excluding carboxylic acids is 2. The molecule has 6 nitrogen and oxygen atoms in total. The van der Waals surface area contributed by atoms with Gasteiger partial charge in [0.05, 0.1) is 5.69 Å². The third kappa shape index (κ3) is 5.37. The van der Waals surface area contributed by atoms with Crippen LogP contribution >= 0.6 is 23.4 Å². The summed E-state index contributed by atoms with van der Waals surface area (Å²) in [5, 5.41) is 4.20. The third-order valence-corrected chi connectivity index (χ3v) is 7.44. The van der Waals surface area contributed by atoms with E-state index in [0.717, 1.165) is 23.2 Å². The van der Waals surface area contributed by atoms with Crippen molar-refractivity contribution < 1.29 is 9.59 Å². The highest BCUT2D eigenvalue weighted by Gasteiger charge is 2.41. The summed E-state index contributed by atoms with van der Waals surface area (Å²) in [6, 6.07) is 24.7. The molecule has 0 unspecified atom stereocenters. The van der Waals surface area contributed by atoms with E-state index in [-0.39, 0.29) is 18.2 Å². The number of thioether (sulfide) groups is 1. The molecule has 182 valence electrons. The number of amidine groups is 2. The van der Waals surface area contributed by atoms with Crippen molar-refractivity contribution in [1.29, 1.82) is 0 Å². The molecule has 3 aromatic rings. The highest BCUT2D eigenvalue weighted by atomic mass is 35.5. The maximum atomic E-state index is 13.4. The SMILES string of the molecule is O=C(CC[C@H]1N=C2c3ccccc3N=C(SCc3ccccc3Cl)N2C1=O)NCCc1ccccc1. The fourth-order valence-corrected chi connectivity index (χ4v) is 5.48. The highest BCUT2D eigenvalue weighted by molar-refractivity contribution is 8.13. The molecule has 2 aliphatic heterocycles. The molecule has 2 heterocycles. The number of nitrogens with one attached hydrogen (secondary N) is 1. The van der Waals surface area contributed by atoms with E-state index in [2.05, 4.69) is 5.32 Å². The molecule has 3 aromatic carbocycles. The average Bonchev–Trinajstić information content (AvgIpc) is 3.24. The van der Waals surface area contributed by atoms with Gasteiger partial charge in [0.1, 0.15) is 11.9 Å². The number of para-hydroxylation sites is 1. The zero-order valence-electron chi connectivity index (χ0n) is 19.6. The van der Waals surface area contributed by atoms with Crippen LogP contribution in [0.5, 0.6) is 0 Å². The first kappa shape index (κ1) is 24.3. The van der Waals surface area contributed by atoms with Crippen molar-refractivity contribution in [3.05, 3.63) is 101 Å². The van der Waals surface area contributed by atoms with E-state index >= 15 is 0 Å². The van der Waals surface area contributed by atoms with Gasteiger partial charge in [-0.25, -0.2) is 9.89 Å². The summed E-state index contributed by atoms with van der Waals surface area (Å²) in [5.41, 5.74) is 3.75. The Hall–Kier alpha value is -3.42. The number of hydrogen-bond acceptors (Lipinski definition) is 5. The molecule has 0 bridgehead atoms. The van der Waals surface area contributed by atoms with E-state index in [0.29, 0.717) is 34.7 Å². The van der Waals surface area contributed by atoms with Crippen LogP contribution in [0.3, 0.4) is 0 Å². The minimum Gasteiger partial charge on any atom is -0.356 e. The number of fused-ring (bicyclic) bond motifs is 3. The number of rotatable bonds is 8. The molecule has 0 radical (unpaired) electrons. The molecule has 0 fully saturated rings. The lowest BCUT2D eigenvalue weighted by atomic mass is 10.1. The Balaban J connectivity index is 1.25. The van der Waals surface area contributed by atoms with Crippen LogP contribution < -0.4 is 5.32 Å². The minimum atomic E-state index is -0.614. The van der Waals surface area contributed by atoms with Crippen LogP contribution in [0.1, 0.15) is 29.5 Å². The first-order chi connectivity index (χ1) is 17.6. The zero-order chi connectivity index (χ0) is 24.9. The largest absolute Gasteiger partial charge is 0.356 e. The van der Waals surface area contributed by atoms with Crippen molar-refractivity contribution in [2.24, 2.45) is 9.98 Å². The van der Waals surface area contributed by atoms with Crippen LogP contribution in [0.4, 0.5) is 5.69 Å². The van der Waals surface area contributed by atoms with Crippen LogP contribution in [0, 0.1) is 0 Å². The van der Waals surface area contributed by atoms with Gasteiger partial charge in [0.15, 0.2) is 5.17 Å². The van der Waals surface area contributed by atoms with Crippen molar-refractivity contribution >= 4 is 51.9 Å². The minimum absolute atomic E-state index is 0.0776. The van der Waals surface area contributed by atoms with E-state index in [1.54, 1.807) is 4.90 Å². The summed E-state index contributed by atoms with van der Waals surface area (Å²) in [5.74, 6) is 0.946. The van der Waals surface area contributed by atoms with E-state index < -0.39 is 6.04 Å². The van der Waals surface area contributed by atoms with Crippen molar-refractivity contribution in [3.8, 4) is 0 Å². The van der Waals surface area contributed by atoms with E-state index in [4.69, 9.17) is 21.6 Å². The van der Waals surface area contributed by atoms with Crippen LogP contribution in [-0.4, -0.2) is 40.3 Å². The maximum Gasteiger partial charge on any atom is 0.259 e. The quantitative estimate of drug-likeness (QED) is 0.437. The Labute approximate surface area is 219 Å². The van der Waals surface area contributed by atoms with Gasteiger partial charge < -0.3 is 5.32 Å². The van der Waals surface area contributed by atoms with Gasteiger partial charge in [0.2, 0.25) is 5.91 Å². The molecule has 2 aliphatic rings. The van der Waals surface area contributed by atoms with Gasteiger partial charge in [-0.1, -0.05) is 84.0 Å². The first-order valence-corrected chi connectivity index (χ1v) is 13.2. The Morgan fingerprint density at radius 1 is 1.00 bits per heavy atom. The number of benzene rings is 3. The molecule has 0 spiro atoms. The monoisotopic (exact) mass is 516 g/mol. The molecular formula is C28H25ClN4O2S. The highest BCUT2D eigenvalue weighted by Crippen LogP contribution is 2.35. The molecule has 5 rings (SSSR count). The van der Waals surface area contributed by atoms with E-state index in [9.17, 15) is 9.59 Å². The second kappa shape index (κ2) is 11.1. The Morgan fingerprint density at radius 2 is 1.75 bits per heavy atom. The lowest BCUT2D eigenvalue weighted by Gasteiger charge is -2.25. The summed E-state index contributed by atoms with van der Waals surface area (Å²) in [6.07, 6.45) is 1.35. The van der Waals surface area contributed by atoms with Crippen molar-refractivity contribution in [2.45, 2.75) is 31.1 Å². The zero-order valence-corrected chi connectivity index (χ0v) is 21.1. The summed E-state index contributed by atoms with van der Waals surface area (Å²) in [4.78, 5) is 37.0. The molecule has 0 aromatic heterocycles. The normalized spacial score (nSPS) is 16.2. The van der Waals surface area contributed by atoms with E-state index in [1.165, 1.54) is 17.3 Å². The molecule has 36 heavy (non-hydrogen) atoms. The molecule has 0 saturated carbocycles. The predicted molar refractivity (Wildman–Crippen MR) is 146 cm³/mol. The van der Waals surface area contributed by atoms with Gasteiger partial charge in [-0.2, -0.15) is 0 Å². The molecule has 0 aliphatic carbocycles. The maximum absolute atomic E-state index is 13.4. The third-order valence-electron chi connectivity index (χ3n) is 6.09. The van der Waals surface area contributed by atoms with Gasteiger partial charge >= 0.3 is 0 Å². The fraction of sp³-hybridized carbons (Fsp3) is 0.214. The summed E-state index contributed by atoms with van der Waals surface area (Å²) < 4.78 is 0. The van der Waals surface area contributed by atoms with Crippen molar-refractivity contribution in [2.75, 3.05) is 6.54 Å². The first-order valence-electron chi connectivity index (χ1n) is 11.9. The Kier molecular flexibility index (Phi) is 7.49. The Morgan fingerprint density at radius 3 is 2.58 bits per heavy atom. The summed E-state index contributed by atoms with van der Waals surface area (Å²) in [6.45, 7) is 0.560. The average molecular weight is 517 g/mol. The topological polar surface area (TPSA) is 74.1 Å². The van der Waals surface area contributed by atoms with Gasteiger partial charge in [-0.3, -0.25) is 14.6 Å². The van der Waals surface area contributed by atoms with Crippen LogP contribution in [-0.2, 0) is 21.8 Å². The van der Waals surface area contributed by atoms with Crippen LogP contribution in [0.15, 0.2) is 88.8 Å². The number of amides is 2. The lowest BCUT2D eigenvalue weighted by molar-refractivity contribution is -0.125. The lowest BCUT2D eigenvalue weighted by Crippen LogP contribution is -2.41. The Bertz CT molecular complexity index is 1340. The van der Waals surface area contributed by atoms with Gasteiger partial charge in [0, 0.05) is 29.3 Å². The molecular weight excluding hydrogens is 492 g/mol. The number of carbonyl (C=O) groups is 2. The van der Waals surface area contributed by atoms with Gasteiger partial charge in [0.25, 0.3) is 5.91 Å². The molecule has 0 saturated heterocycles. The van der Waals surface area contributed by atoms with Crippen LogP contribution in [0.2, 0.25) is 5.02 Å². The number of hydrogen-bond donors (Lipinski definition) is 1. The number of nitrogens with zero attached hydrogens (tertiary/aromatic N) is 3. The van der Waals surface area contributed by atoms with Crippen LogP contribution in [0.25, 0.3) is 0 Å². The number of halogens is 1. The number of aliphatic imine (C=N–C) groups is 2. The van der Waals surface area contributed by atoms with E-state index in [1.807, 2.05) is 78.9 Å². The fourth-order valence-electron chi connectivity index (χ4n) is 4.19. The summed E-state index contributed by atoms with van der Waals surface area (Å²) >= 11 is 7.79. The second-order valence-electron chi connectivity index (χ2n) is 8.56. The van der Waals surface area contributed by atoms with Crippen molar-refractivity contribution in [1.82, 2.24) is 10.2 Å².